The van der Waals surface area contributed by atoms with Gasteiger partial charge in [0.25, 0.3) is 0 Å². The summed E-state index contributed by atoms with van der Waals surface area (Å²) in [6.45, 7) is 0.243. The first kappa shape index (κ1) is 11.9. The molecule has 0 fully saturated rings. The van der Waals surface area contributed by atoms with Crippen LogP contribution in [0.4, 0.5) is 10.1 Å². The molecule has 0 atom stereocenters. The number of rotatable bonds is 3. The van der Waals surface area contributed by atoms with E-state index in [9.17, 15) is 4.39 Å². The maximum absolute atomic E-state index is 13.0. The molecule has 3 nitrogen and oxygen atoms in total. The molecular weight excluding hydrogens is 287 g/mol. The van der Waals surface area contributed by atoms with Crippen molar-refractivity contribution >= 4 is 21.6 Å². The molecular formula is C12H10BrFN2O. The van der Waals surface area contributed by atoms with Crippen LogP contribution in [0.3, 0.4) is 0 Å². The van der Waals surface area contributed by atoms with Gasteiger partial charge in [-0.25, -0.2) is 4.39 Å². The predicted octanol–water partition coefficient (Wildman–Crippen LogP) is 3.14. The monoisotopic (exact) mass is 296 g/mol. The summed E-state index contributed by atoms with van der Waals surface area (Å²) < 4.78 is 19.2. The molecule has 17 heavy (non-hydrogen) atoms. The summed E-state index contributed by atoms with van der Waals surface area (Å²) in [6.07, 6.45) is 1.61. The minimum atomic E-state index is -0.344. The second kappa shape index (κ2) is 5.14. The van der Waals surface area contributed by atoms with Crippen molar-refractivity contribution in [2.75, 3.05) is 5.73 Å². The lowest BCUT2D eigenvalue weighted by Gasteiger charge is -2.08. The first-order chi connectivity index (χ1) is 8.15. The van der Waals surface area contributed by atoms with Crippen LogP contribution >= 0.6 is 15.9 Å². The molecule has 0 aliphatic carbocycles. The topological polar surface area (TPSA) is 48.1 Å². The van der Waals surface area contributed by atoms with Crippen molar-refractivity contribution in [2.24, 2.45) is 0 Å². The third-order valence-electron chi connectivity index (χ3n) is 2.11. The van der Waals surface area contributed by atoms with E-state index in [1.807, 2.05) is 0 Å². The number of nitrogens with zero attached hydrogens (tertiary/aromatic N) is 1. The number of hydrogen-bond donors (Lipinski definition) is 1. The van der Waals surface area contributed by atoms with Gasteiger partial charge in [0, 0.05) is 18.0 Å². The van der Waals surface area contributed by atoms with Gasteiger partial charge in [-0.1, -0.05) is 0 Å². The van der Waals surface area contributed by atoms with Crippen molar-refractivity contribution in [3.63, 3.8) is 0 Å². The zero-order chi connectivity index (χ0) is 12.3. The van der Waals surface area contributed by atoms with E-state index < -0.39 is 0 Å². The Kier molecular flexibility index (Phi) is 3.58. The molecule has 0 aliphatic rings. The highest BCUT2D eigenvalue weighted by Gasteiger charge is 2.04. The van der Waals surface area contributed by atoms with Crippen molar-refractivity contribution in [3.8, 4) is 5.75 Å². The molecule has 2 N–H and O–H groups in total. The number of halogens is 2. The molecule has 88 valence electrons. The van der Waals surface area contributed by atoms with Gasteiger partial charge >= 0.3 is 0 Å². The average molecular weight is 297 g/mol. The first-order valence-corrected chi connectivity index (χ1v) is 5.73. The van der Waals surface area contributed by atoms with Gasteiger partial charge in [0.15, 0.2) is 0 Å². The highest BCUT2D eigenvalue weighted by Crippen LogP contribution is 2.26. The highest BCUT2D eigenvalue weighted by atomic mass is 79.9. The van der Waals surface area contributed by atoms with E-state index in [4.69, 9.17) is 10.5 Å². The SMILES string of the molecule is Nc1ccnc(COc2cc(F)ccc2Br)c1. The van der Waals surface area contributed by atoms with E-state index >= 15 is 0 Å². The zero-order valence-corrected chi connectivity index (χ0v) is 10.4. The lowest BCUT2D eigenvalue weighted by molar-refractivity contribution is 0.298. The van der Waals surface area contributed by atoms with Gasteiger partial charge in [-0.05, 0) is 40.2 Å². The fraction of sp³-hybridized carbons (Fsp3) is 0.0833. The van der Waals surface area contributed by atoms with E-state index in [0.717, 1.165) is 0 Å². The molecule has 2 rings (SSSR count). The van der Waals surface area contributed by atoms with Gasteiger partial charge < -0.3 is 10.5 Å². The molecule has 0 aliphatic heterocycles. The van der Waals surface area contributed by atoms with Gasteiger partial charge in [-0.2, -0.15) is 0 Å². The lowest BCUT2D eigenvalue weighted by Crippen LogP contribution is -2.00. The molecule has 1 aromatic carbocycles. The summed E-state index contributed by atoms with van der Waals surface area (Å²) >= 11 is 3.28. The summed E-state index contributed by atoms with van der Waals surface area (Å²) in [6, 6.07) is 7.68. The number of pyridine rings is 1. The van der Waals surface area contributed by atoms with E-state index in [-0.39, 0.29) is 12.4 Å². The van der Waals surface area contributed by atoms with Crippen LogP contribution in [0.2, 0.25) is 0 Å². The van der Waals surface area contributed by atoms with Gasteiger partial charge in [0.05, 0.1) is 10.2 Å². The molecule has 2 aromatic rings. The van der Waals surface area contributed by atoms with Crippen LogP contribution < -0.4 is 10.5 Å². The van der Waals surface area contributed by atoms with Crippen LogP contribution in [0, 0.1) is 5.82 Å². The van der Waals surface area contributed by atoms with Gasteiger partial charge in [-0.3, -0.25) is 4.98 Å². The van der Waals surface area contributed by atoms with Crippen molar-refractivity contribution < 1.29 is 9.13 Å². The van der Waals surface area contributed by atoms with Crippen LogP contribution in [-0.2, 0) is 6.61 Å². The Morgan fingerprint density at radius 1 is 1.29 bits per heavy atom. The largest absolute Gasteiger partial charge is 0.486 e. The fourth-order valence-electron chi connectivity index (χ4n) is 1.32. The molecule has 1 aromatic heterocycles. The maximum atomic E-state index is 13.0. The Hall–Kier alpha value is -1.62. The van der Waals surface area contributed by atoms with Crippen molar-refractivity contribution in [1.29, 1.82) is 0 Å². The van der Waals surface area contributed by atoms with E-state index in [1.54, 1.807) is 24.4 Å². The third-order valence-corrected chi connectivity index (χ3v) is 2.76. The van der Waals surface area contributed by atoms with Crippen LogP contribution in [-0.4, -0.2) is 4.98 Å². The fourth-order valence-corrected chi connectivity index (χ4v) is 1.68. The average Bonchev–Trinajstić information content (AvgIpc) is 2.30. The molecule has 0 radical (unpaired) electrons. The third kappa shape index (κ3) is 3.17. The summed E-state index contributed by atoms with van der Waals surface area (Å²) in [5.74, 6) is 0.0953. The minimum absolute atomic E-state index is 0.243. The van der Waals surface area contributed by atoms with E-state index in [2.05, 4.69) is 20.9 Å². The summed E-state index contributed by atoms with van der Waals surface area (Å²) in [7, 11) is 0. The highest BCUT2D eigenvalue weighted by molar-refractivity contribution is 9.10. The number of aromatic nitrogens is 1. The Labute approximate surface area is 107 Å². The lowest BCUT2D eigenvalue weighted by atomic mass is 10.3. The molecule has 0 saturated heterocycles. The number of anilines is 1. The molecule has 0 amide bonds. The summed E-state index contributed by atoms with van der Waals surface area (Å²) in [5, 5.41) is 0. The normalized spacial score (nSPS) is 10.2. The number of nitrogen functional groups attached to an aromatic ring is 1. The Morgan fingerprint density at radius 3 is 2.88 bits per heavy atom. The molecule has 0 unspecified atom stereocenters. The van der Waals surface area contributed by atoms with Crippen LogP contribution in [0.15, 0.2) is 41.0 Å². The number of benzene rings is 1. The smallest absolute Gasteiger partial charge is 0.136 e. The Morgan fingerprint density at radius 2 is 2.12 bits per heavy atom. The predicted molar refractivity (Wildman–Crippen MR) is 67.1 cm³/mol. The van der Waals surface area contributed by atoms with E-state index in [0.29, 0.717) is 21.6 Å². The maximum Gasteiger partial charge on any atom is 0.136 e. The summed E-state index contributed by atoms with van der Waals surface area (Å²) in [4.78, 5) is 4.09. The first-order valence-electron chi connectivity index (χ1n) is 4.93. The molecule has 0 saturated carbocycles. The standard InChI is InChI=1S/C12H10BrFN2O/c13-11-2-1-8(14)5-12(11)17-7-10-6-9(15)3-4-16-10/h1-6H,7H2,(H2,15,16). The minimum Gasteiger partial charge on any atom is -0.486 e. The zero-order valence-electron chi connectivity index (χ0n) is 8.86. The molecule has 1 heterocycles. The van der Waals surface area contributed by atoms with Crippen molar-refractivity contribution in [1.82, 2.24) is 4.98 Å². The molecule has 5 heteroatoms. The molecule has 0 spiro atoms. The number of hydrogen-bond acceptors (Lipinski definition) is 3. The Balaban J connectivity index is 2.09. The number of ether oxygens (including phenoxy) is 1. The Bertz CT molecular complexity index is 534. The number of nitrogens with two attached hydrogens (primary N) is 1. The second-order valence-electron chi connectivity index (χ2n) is 3.44. The van der Waals surface area contributed by atoms with Gasteiger partial charge in [0.1, 0.15) is 18.2 Å². The molecule has 0 bridgehead atoms. The second-order valence-corrected chi connectivity index (χ2v) is 4.30. The van der Waals surface area contributed by atoms with Crippen molar-refractivity contribution in [2.45, 2.75) is 6.61 Å². The van der Waals surface area contributed by atoms with Gasteiger partial charge in [0.2, 0.25) is 0 Å². The summed E-state index contributed by atoms with van der Waals surface area (Å²) in [5.41, 5.74) is 6.93. The van der Waals surface area contributed by atoms with Crippen LogP contribution in [0.1, 0.15) is 5.69 Å². The van der Waals surface area contributed by atoms with E-state index in [1.165, 1.54) is 12.1 Å². The van der Waals surface area contributed by atoms with Crippen molar-refractivity contribution in [3.05, 3.63) is 52.5 Å². The van der Waals surface area contributed by atoms with Gasteiger partial charge in [-0.15, -0.1) is 0 Å². The van der Waals surface area contributed by atoms with Crippen LogP contribution in [0.25, 0.3) is 0 Å². The quantitative estimate of drug-likeness (QED) is 0.946. The van der Waals surface area contributed by atoms with Crippen LogP contribution in [0.5, 0.6) is 5.75 Å².